The highest BCUT2D eigenvalue weighted by Gasteiger charge is 2.12. The third kappa shape index (κ3) is 4.95. The summed E-state index contributed by atoms with van der Waals surface area (Å²) < 4.78 is 5.32. The van der Waals surface area contributed by atoms with E-state index in [4.69, 9.17) is 16.3 Å². The van der Waals surface area contributed by atoms with E-state index >= 15 is 0 Å². The number of hydrogen-bond donors (Lipinski definition) is 2. The molecule has 1 aromatic heterocycles. The molecule has 0 fully saturated rings. The van der Waals surface area contributed by atoms with Gasteiger partial charge in [0.25, 0.3) is 5.91 Å². The number of methoxy groups -OCH3 is 1. The molecular weight excluding hydrogens is 364 g/mol. The molecule has 7 heteroatoms. The molecule has 0 spiro atoms. The summed E-state index contributed by atoms with van der Waals surface area (Å²) in [5.74, 6) is 1.30. The summed E-state index contributed by atoms with van der Waals surface area (Å²) >= 11 is 6.06. The highest BCUT2D eigenvalue weighted by Crippen LogP contribution is 2.30. The maximum absolute atomic E-state index is 12.5. The molecule has 0 saturated heterocycles. The number of ether oxygens (including phenoxy) is 1. The topological polar surface area (TPSA) is 76.1 Å². The van der Waals surface area contributed by atoms with Crippen molar-refractivity contribution in [3.63, 3.8) is 0 Å². The van der Waals surface area contributed by atoms with Gasteiger partial charge >= 0.3 is 0 Å². The Hall–Kier alpha value is -3.12. The number of halogens is 1. The van der Waals surface area contributed by atoms with Crippen LogP contribution < -0.4 is 15.4 Å². The number of hydrogen-bond acceptors (Lipinski definition) is 5. The molecule has 0 aliphatic rings. The number of rotatable bonds is 6. The fourth-order valence-corrected chi connectivity index (χ4v) is 2.70. The first-order chi connectivity index (χ1) is 13.0. The minimum Gasteiger partial charge on any atom is -0.495 e. The van der Waals surface area contributed by atoms with Gasteiger partial charge in [0.15, 0.2) is 0 Å². The van der Waals surface area contributed by atoms with Gasteiger partial charge in [-0.25, -0.2) is 9.97 Å². The molecule has 1 heterocycles. The van der Waals surface area contributed by atoms with Gasteiger partial charge in [0.2, 0.25) is 0 Å². The monoisotopic (exact) mass is 382 g/mol. The molecule has 27 heavy (non-hydrogen) atoms. The number of benzene rings is 2. The quantitative estimate of drug-likeness (QED) is 0.670. The van der Waals surface area contributed by atoms with E-state index < -0.39 is 0 Å². The summed E-state index contributed by atoms with van der Waals surface area (Å²) in [6, 6.07) is 16.5. The van der Waals surface area contributed by atoms with Crippen molar-refractivity contribution in [2.75, 3.05) is 12.4 Å². The van der Waals surface area contributed by atoms with Crippen LogP contribution in [-0.4, -0.2) is 23.0 Å². The zero-order chi connectivity index (χ0) is 19.2. The largest absolute Gasteiger partial charge is 0.495 e. The molecular formula is C20H19ClN4O2. The van der Waals surface area contributed by atoms with Crippen LogP contribution in [0.25, 0.3) is 0 Å². The zero-order valence-electron chi connectivity index (χ0n) is 15.0. The van der Waals surface area contributed by atoms with Crippen molar-refractivity contribution in [1.82, 2.24) is 15.3 Å². The van der Waals surface area contributed by atoms with Gasteiger partial charge in [-0.1, -0.05) is 41.9 Å². The van der Waals surface area contributed by atoms with Crippen LogP contribution in [0.2, 0.25) is 5.02 Å². The first kappa shape index (κ1) is 18.7. The highest BCUT2D eigenvalue weighted by molar-refractivity contribution is 6.31. The van der Waals surface area contributed by atoms with Gasteiger partial charge in [0, 0.05) is 17.6 Å². The molecule has 6 nitrogen and oxygen atoms in total. The second-order valence-electron chi connectivity index (χ2n) is 5.82. The van der Waals surface area contributed by atoms with Gasteiger partial charge in [-0.05, 0) is 30.7 Å². The average Bonchev–Trinajstić information content (AvgIpc) is 2.66. The number of aryl methyl sites for hydroxylation is 1. The minimum atomic E-state index is -0.273. The molecule has 0 aliphatic carbocycles. The number of aromatic nitrogens is 2. The predicted molar refractivity (Wildman–Crippen MR) is 106 cm³/mol. The summed E-state index contributed by atoms with van der Waals surface area (Å²) in [6.07, 6.45) is 0. The van der Waals surface area contributed by atoms with Crippen LogP contribution in [0.4, 0.5) is 11.5 Å². The van der Waals surface area contributed by atoms with Crippen molar-refractivity contribution in [2.24, 2.45) is 0 Å². The molecule has 2 N–H and O–H groups in total. The lowest BCUT2D eigenvalue weighted by Crippen LogP contribution is -2.24. The van der Waals surface area contributed by atoms with Crippen molar-refractivity contribution in [1.29, 1.82) is 0 Å². The maximum Gasteiger partial charge on any atom is 0.270 e. The third-order valence-electron chi connectivity index (χ3n) is 3.79. The van der Waals surface area contributed by atoms with Gasteiger partial charge in [-0.15, -0.1) is 0 Å². The first-order valence-electron chi connectivity index (χ1n) is 8.33. The fraction of sp³-hybridized carbons (Fsp3) is 0.150. The number of anilines is 2. The second kappa shape index (κ2) is 8.51. The maximum atomic E-state index is 12.5. The molecule has 0 atom stereocenters. The SMILES string of the molecule is COc1ccc(Cl)cc1Nc1cc(C(=O)NCc2ccccc2)nc(C)n1. The minimum absolute atomic E-state index is 0.273. The van der Waals surface area contributed by atoms with Crippen LogP contribution in [0.3, 0.4) is 0 Å². The smallest absolute Gasteiger partial charge is 0.270 e. The van der Waals surface area contributed by atoms with Crippen molar-refractivity contribution < 1.29 is 9.53 Å². The number of amides is 1. The Labute approximate surface area is 162 Å². The van der Waals surface area contributed by atoms with E-state index in [0.29, 0.717) is 34.6 Å². The summed E-state index contributed by atoms with van der Waals surface area (Å²) in [7, 11) is 1.57. The molecule has 138 valence electrons. The van der Waals surface area contributed by atoms with Crippen molar-refractivity contribution >= 4 is 29.0 Å². The van der Waals surface area contributed by atoms with E-state index in [9.17, 15) is 4.79 Å². The molecule has 3 rings (SSSR count). The van der Waals surface area contributed by atoms with E-state index in [0.717, 1.165) is 5.56 Å². The summed E-state index contributed by atoms with van der Waals surface area (Å²) in [5, 5.41) is 6.56. The third-order valence-corrected chi connectivity index (χ3v) is 4.03. The number of carbonyl (C=O) groups excluding carboxylic acids is 1. The Kier molecular flexibility index (Phi) is 5.88. The normalized spacial score (nSPS) is 10.3. The molecule has 1 amide bonds. The molecule has 0 aliphatic heterocycles. The van der Waals surface area contributed by atoms with Gasteiger partial charge in [0.1, 0.15) is 23.1 Å². The molecule has 0 saturated carbocycles. The lowest BCUT2D eigenvalue weighted by Gasteiger charge is -2.12. The van der Waals surface area contributed by atoms with Crippen molar-refractivity contribution in [3.8, 4) is 5.75 Å². The Balaban J connectivity index is 1.78. The highest BCUT2D eigenvalue weighted by atomic mass is 35.5. The number of carbonyl (C=O) groups is 1. The van der Waals surface area contributed by atoms with Gasteiger partial charge < -0.3 is 15.4 Å². The Morgan fingerprint density at radius 2 is 1.89 bits per heavy atom. The second-order valence-corrected chi connectivity index (χ2v) is 6.26. The van der Waals surface area contributed by atoms with E-state index in [1.54, 1.807) is 38.3 Å². The van der Waals surface area contributed by atoms with E-state index in [1.165, 1.54) is 0 Å². The van der Waals surface area contributed by atoms with Crippen molar-refractivity contribution in [3.05, 3.63) is 76.7 Å². The lowest BCUT2D eigenvalue weighted by molar-refractivity contribution is 0.0945. The zero-order valence-corrected chi connectivity index (χ0v) is 15.7. The molecule has 0 radical (unpaired) electrons. The van der Waals surface area contributed by atoms with Crippen LogP contribution in [0.1, 0.15) is 21.9 Å². The van der Waals surface area contributed by atoms with E-state index in [2.05, 4.69) is 20.6 Å². The van der Waals surface area contributed by atoms with Crippen molar-refractivity contribution in [2.45, 2.75) is 13.5 Å². The van der Waals surface area contributed by atoms with Crippen LogP contribution in [0, 0.1) is 6.92 Å². The van der Waals surface area contributed by atoms with Crippen LogP contribution >= 0.6 is 11.6 Å². The van der Waals surface area contributed by atoms with Gasteiger partial charge in [-0.2, -0.15) is 0 Å². The Morgan fingerprint density at radius 1 is 1.11 bits per heavy atom. The summed E-state index contributed by atoms with van der Waals surface area (Å²) in [5.41, 5.74) is 1.94. The number of nitrogens with one attached hydrogen (secondary N) is 2. The predicted octanol–water partition coefficient (Wildman–Crippen LogP) is 4.12. The standard InChI is InChI=1S/C20H19ClN4O2/c1-13-23-17(20(26)22-12-14-6-4-3-5-7-14)11-19(24-13)25-16-10-15(21)8-9-18(16)27-2/h3-11H,12H2,1-2H3,(H,22,26)(H,23,24,25). The average molecular weight is 383 g/mol. The Morgan fingerprint density at radius 3 is 2.63 bits per heavy atom. The molecule has 3 aromatic rings. The van der Waals surface area contributed by atoms with E-state index in [1.807, 2.05) is 30.3 Å². The molecule has 0 bridgehead atoms. The van der Waals surface area contributed by atoms with Crippen LogP contribution in [-0.2, 0) is 6.54 Å². The fourth-order valence-electron chi connectivity index (χ4n) is 2.53. The molecule has 2 aromatic carbocycles. The Bertz CT molecular complexity index is 948. The van der Waals surface area contributed by atoms with E-state index in [-0.39, 0.29) is 11.6 Å². The van der Waals surface area contributed by atoms with Gasteiger partial charge in [0.05, 0.1) is 12.8 Å². The lowest BCUT2D eigenvalue weighted by atomic mass is 10.2. The van der Waals surface area contributed by atoms with Gasteiger partial charge in [-0.3, -0.25) is 4.79 Å². The first-order valence-corrected chi connectivity index (χ1v) is 8.71. The number of nitrogens with zero attached hydrogens (tertiary/aromatic N) is 2. The van der Waals surface area contributed by atoms with Crippen LogP contribution in [0.15, 0.2) is 54.6 Å². The van der Waals surface area contributed by atoms with Crippen LogP contribution in [0.5, 0.6) is 5.75 Å². The summed E-state index contributed by atoms with van der Waals surface area (Å²) in [6.45, 7) is 2.15. The summed E-state index contributed by atoms with van der Waals surface area (Å²) in [4.78, 5) is 21.0. The molecule has 0 unspecified atom stereocenters.